The number of nitrogens with zero attached hydrogens (tertiary/aromatic N) is 2. The summed E-state index contributed by atoms with van der Waals surface area (Å²) in [5.74, 6) is 2.06. The second kappa shape index (κ2) is 4.64. The quantitative estimate of drug-likeness (QED) is 0.880. The zero-order valence-electron chi connectivity index (χ0n) is 11.1. The molecule has 2 rings (SSSR count). The summed E-state index contributed by atoms with van der Waals surface area (Å²) in [6.45, 7) is 5.82. The molecule has 0 saturated carbocycles. The summed E-state index contributed by atoms with van der Waals surface area (Å²) >= 11 is 0. The first-order valence-electron chi connectivity index (χ1n) is 5.78. The third-order valence-electron chi connectivity index (χ3n) is 2.98. The van der Waals surface area contributed by atoms with Crippen LogP contribution in [0, 0.1) is 20.8 Å². The summed E-state index contributed by atoms with van der Waals surface area (Å²) in [5.41, 5.74) is 9.86. The van der Waals surface area contributed by atoms with E-state index in [0.717, 1.165) is 28.1 Å². The van der Waals surface area contributed by atoms with E-state index >= 15 is 0 Å². The highest BCUT2D eigenvalue weighted by molar-refractivity contribution is 5.70. The van der Waals surface area contributed by atoms with Gasteiger partial charge in [-0.1, -0.05) is 0 Å². The topological polar surface area (TPSA) is 61.0 Å². The molecule has 0 amide bonds. The van der Waals surface area contributed by atoms with Crippen molar-refractivity contribution >= 4 is 5.82 Å². The number of hydrogen-bond donors (Lipinski definition) is 1. The minimum Gasteiger partial charge on any atom is -0.497 e. The minimum atomic E-state index is 0.535. The van der Waals surface area contributed by atoms with Gasteiger partial charge in [0.15, 0.2) is 0 Å². The van der Waals surface area contributed by atoms with Crippen molar-refractivity contribution in [2.24, 2.45) is 0 Å². The van der Waals surface area contributed by atoms with Gasteiger partial charge < -0.3 is 10.5 Å². The lowest BCUT2D eigenvalue weighted by atomic mass is 10.0. The molecule has 1 heterocycles. The number of methoxy groups -OCH3 is 1. The third kappa shape index (κ3) is 2.14. The number of aryl methyl sites for hydroxylation is 2. The summed E-state index contributed by atoms with van der Waals surface area (Å²) in [4.78, 5) is 8.65. The van der Waals surface area contributed by atoms with Crippen molar-refractivity contribution in [2.75, 3.05) is 12.8 Å². The van der Waals surface area contributed by atoms with Gasteiger partial charge in [0.1, 0.15) is 17.4 Å². The summed E-state index contributed by atoms with van der Waals surface area (Å²) in [5, 5.41) is 0. The Morgan fingerprint density at radius 1 is 1.11 bits per heavy atom. The molecule has 2 N–H and O–H groups in total. The first-order chi connectivity index (χ1) is 8.52. The standard InChI is InChI=1S/C14H17N3O/c1-8-7-11(18-4)5-6-12(8)13-9(2)14(15)17-10(3)16-13/h5-7H,1-4H3,(H2,15,16,17). The van der Waals surface area contributed by atoms with E-state index in [-0.39, 0.29) is 0 Å². The summed E-state index contributed by atoms with van der Waals surface area (Å²) in [6, 6.07) is 5.92. The predicted molar refractivity (Wildman–Crippen MR) is 72.6 cm³/mol. The number of benzene rings is 1. The van der Waals surface area contributed by atoms with Gasteiger partial charge in [-0.25, -0.2) is 9.97 Å². The summed E-state index contributed by atoms with van der Waals surface area (Å²) < 4.78 is 5.21. The smallest absolute Gasteiger partial charge is 0.130 e. The Labute approximate surface area is 107 Å². The SMILES string of the molecule is COc1ccc(-c2nc(C)nc(N)c2C)c(C)c1. The van der Waals surface area contributed by atoms with Crippen LogP contribution in [-0.2, 0) is 0 Å². The van der Waals surface area contributed by atoms with Crippen LogP contribution in [0.5, 0.6) is 5.75 Å². The Bertz CT molecular complexity index is 594. The molecule has 0 saturated heterocycles. The zero-order valence-corrected chi connectivity index (χ0v) is 11.1. The van der Waals surface area contributed by atoms with Crippen LogP contribution in [0.15, 0.2) is 18.2 Å². The van der Waals surface area contributed by atoms with Crippen molar-refractivity contribution in [3.63, 3.8) is 0 Å². The van der Waals surface area contributed by atoms with Gasteiger partial charge in [-0.15, -0.1) is 0 Å². The molecule has 1 aromatic carbocycles. The van der Waals surface area contributed by atoms with Crippen LogP contribution in [0.1, 0.15) is 17.0 Å². The van der Waals surface area contributed by atoms with Gasteiger partial charge in [-0.2, -0.15) is 0 Å². The minimum absolute atomic E-state index is 0.535. The van der Waals surface area contributed by atoms with E-state index < -0.39 is 0 Å². The molecule has 0 fully saturated rings. The van der Waals surface area contributed by atoms with Crippen LogP contribution in [0.3, 0.4) is 0 Å². The maximum Gasteiger partial charge on any atom is 0.130 e. The van der Waals surface area contributed by atoms with Crippen molar-refractivity contribution in [3.05, 3.63) is 35.2 Å². The van der Waals surface area contributed by atoms with Crippen LogP contribution < -0.4 is 10.5 Å². The Morgan fingerprint density at radius 3 is 2.44 bits per heavy atom. The highest BCUT2D eigenvalue weighted by Gasteiger charge is 2.11. The average Bonchev–Trinajstić information content (AvgIpc) is 2.34. The van der Waals surface area contributed by atoms with Crippen molar-refractivity contribution in [1.82, 2.24) is 9.97 Å². The highest BCUT2D eigenvalue weighted by Crippen LogP contribution is 2.29. The predicted octanol–water partition coefficient (Wildman–Crippen LogP) is 2.66. The number of nitrogen functional groups attached to an aromatic ring is 1. The fourth-order valence-electron chi connectivity index (χ4n) is 1.94. The van der Waals surface area contributed by atoms with Crippen molar-refractivity contribution < 1.29 is 4.74 Å². The number of aromatic nitrogens is 2. The van der Waals surface area contributed by atoms with E-state index in [4.69, 9.17) is 10.5 Å². The summed E-state index contributed by atoms with van der Waals surface area (Å²) in [6.07, 6.45) is 0. The van der Waals surface area contributed by atoms with Crippen molar-refractivity contribution in [1.29, 1.82) is 0 Å². The molecule has 2 aromatic rings. The van der Waals surface area contributed by atoms with Gasteiger partial charge in [-0.05, 0) is 44.5 Å². The molecule has 18 heavy (non-hydrogen) atoms. The summed E-state index contributed by atoms with van der Waals surface area (Å²) in [7, 11) is 1.66. The highest BCUT2D eigenvalue weighted by atomic mass is 16.5. The fraction of sp³-hybridized carbons (Fsp3) is 0.286. The number of anilines is 1. The molecule has 0 unspecified atom stereocenters. The molecule has 0 bridgehead atoms. The average molecular weight is 243 g/mol. The molecular weight excluding hydrogens is 226 g/mol. The molecular formula is C14H17N3O. The first kappa shape index (κ1) is 12.4. The van der Waals surface area contributed by atoms with Crippen LogP contribution in [0.4, 0.5) is 5.82 Å². The molecule has 0 aliphatic carbocycles. The Morgan fingerprint density at radius 2 is 1.83 bits per heavy atom. The van der Waals surface area contributed by atoms with E-state index in [2.05, 4.69) is 9.97 Å². The second-order valence-corrected chi connectivity index (χ2v) is 4.31. The van der Waals surface area contributed by atoms with E-state index in [1.807, 2.05) is 39.0 Å². The number of hydrogen-bond acceptors (Lipinski definition) is 4. The van der Waals surface area contributed by atoms with E-state index in [1.54, 1.807) is 7.11 Å². The molecule has 0 aliphatic heterocycles. The first-order valence-corrected chi connectivity index (χ1v) is 5.78. The number of rotatable bonds is 2. The zero-order chi connectivity index (χ0) is 13.3. The molecule has 0 spiro atoms. The number of nitrogens with two attached hydrogens (primary N) is 1. The second-order valence-electron chi connectivity index (χ2n) is 4.31. The van der Waals surface area contributed by atoms with Crippen molar-refractivity contribution in [2.45, 2.75) is 20.8 Å². The van der Waals surface area contributed by atoms with Crippen molar-refractivity contribution in [3.8, 4) is 17.0 Å². The third-order valence-corrected chi connectivity index (χ3v) is 2.98. The maximum absolute atomic E-state index is 5.89. The molecule has 0 aliphatic rings. The fourth-order valence-corrected chi connectivity index (χ4v) is 1.94. The van der Waals surface area contributed by atoms with Crippen LogP contribution in [-0.4, -0.2) is 17.1 Å². The van der Waals surface area contributed by atoms with Gasteiger partial charge in [0.05, 0.1) is 12.8 Å². The van der Waals surface area contributed by atoms with Gasteiger partial charge in [0, 0.05) is 11.1 Å². The molecule has 94 valence electrons. The van der Waals surface area contributed by atoms with Gasteiger partial charge in [-0.3, -0.25) is 0 Å². The van der Waals surface area contributed by atoms with E-state index in [1.165, 1.54) is 0 Å². The van der Waals surface area contributed by atoms with Gasteiger partial charge >= 0.3 is 0 Å². The Hall–Kier alpha value is -2.10. The molecule has 0 radical (unpaired) electrons. The molecule has 4 heteroatoms. The van der Waals surface area contributed by atoms with E-state index in [9.17, 15) is 0 Å². The maximum atomic E-state index is 5.89. The lowest BCUT2D eigenvalue weighted by molar-refractivity contribution is 0.414. The van der Waals surface area contributed by atoms with Gasteiger partial charge in [0.25, 0.3) is 0 Å². The molecule has 4 nitrogen and oxygen atoms in total. The van der Waals surface area contributed by atoms with Crippen LogP contribution in [0.2, 0.25) is 0 Å². The number of ether oxygens (including phenoxy) is 1. The normalized spacial score (nSPS) is 10.4. The molecule has 0 atom stereocenters. The Balaban J connectivity index is 2.62. The Kier molecular flexibility index (Phi) is 3.19. The van der Waals surface area contributed by atoms with Gasteiger partial charge in [0.2, 0.25) is 0 Å². The molecule has 1 aromatic heterocycles. The van der Waals surface area contributed by atoms with Crippen LogP contribution >= 0.6 is 0 Å². The lowest BCUT2D eigenvalue weighted by Crippen LogP contribution is -2.02. The van der Waals surface area contributed by atoms with E-state index in [0.29, 0.717) is 11.6 Å². The van der Waals surface area contributed by atoms with Crippen LogP contribution in [0.25, 0.3) is 11.3 Å². The lowest BCUT2D eigenvalue weighted by Gasteiger charge is -2.12. The monoisotopic (exact) mass is 243 g/mol. The largest absolute Gasteiger partial charge is 0.497 e.